The molecule has 152 valence electrons. The van der Waals surface area contributed by atoms with Gasteiger partial charge in [-0.05, 0) is 31.9 Å². The Kier molecular flexibility index (Phi) is 8.38. The maximum Gasteiger partial charge on any atom is 0.248 e. The van der Waals surface area contributed by atoms with Crippen molar-refractivity contribution < 1.29 is 14.3 Å². The van der Waals surface area contributed by atoms with Gasteiger partial charge in [0.25, 0.3) is 0 Å². The van der Waals surface area contributed by atoms with Crippen molar-refractivity contribution in [3.8, 4) is 16.3 Å². The van der Waals surface area contributed by atoms with Crippen LogP contribution in [0.1, 0.15) is 46.5 Å². The third-order valence-corrected chi connectivity index (χ3v) is 5.38. The third-order valence-electron chi connectivity index (χ3n) is 4.49. The Morgan fingerprint density at radius 2 is 2.00 bits per heavy atom. The van der Waals surface area contributed by atoms with Crippen LogP contribution in [0, 0.1) is 5.92 Å². The summed E-state index contributed by atoms with van der Waals surface area (Å²) < 4.78 is 5.22. The zero-order chi connectivity index (χ0) is 20.5. The molecule has 2 rings (SSSR count). The fourth-order valence-electron chi connectivity index (χ4n) is 2.73. The monoisotopic (exact) mass is 404 g/mol. The highest BCUT2D eigenvalue weighted by Gasteiger charge is 2.22. The second kappa shape index (κ2) is 10.8. The number of benzene rings is 1. The van der Waals surface area contributed by atoms with Crippen LogP contribution in [0.4, 0.5) is 5.13 Å². The number of ether oxygens (including phenoxy) is 1. The van der Waals surface area contributed by atoms with Crippen molar-refractivity contribution in [3.63, 3.8) is 0 Å². The first-order valence-electron chi connectivity index (χ1n) is 9.57. The number of anilines is 1. The van der Waals surface area contributed by atoms with Gasteiger partial charge in [0.1, 0.15) is 16.8 Å². The maximum absolute atomic E-state index is 12.4. The number of carbonyl (C=O) groups is 2. The molecule has 2 aromatic rings. The number of hydrogen-bond donors (Lipinski definition) is 2. The minimum atomic E-state index is -0.646. The number of nitrogens with zero attached hydrogens (tertiary/aromatic N) is 2. The van der Waals surface area contributed by atoms with E-state index in [1.807, 2.05) is 31.2 Å². The van der Waals surface area contributed by atoms with Gasteiger partial charge >= 0.3 is 0 Å². The Labute approximate surface area is 169 Å². The van der Waals surface area contributed by atoms with E-state index >= 15 is 0 Å². The van der Waals surface area contributed by atoms with E-state index in [1.165, 1.54) is 11.3 Å². The van der Waals surface area contributed by atoms with Crippen LogP contribution >= 0.6 is 11.3 Å². The van der Waals surface area contributed by atoms with Crippen molar-refractivity contribution in [2.24, 2.45) is 5.92 Å². The lowest BCUT2D eigenvalue weighted by Crippen LogP contribution is -2.44. The van der Waals surface area contributed by atoms with Gasteiger partial charge in [-0.15, -0.1) is 10.2 Å². The fourth-order valence-corrected chi connectivity index (χ4v) is 3.47. The molecule has 0 aliphatic carbocycles. The summed E-state index contributed by atoms with van der Waals surface area (Å²) in [6.45, 7) is 5.76. The maximum atomic E-state index is 12.4. The van der Waals surface area contributed by atoms with Crippen LogP contribution in [0.2, 0.25) is 0 Å². The Bertz CT molecular complexity index is 793. The molecular weight excluding hydrogens is 376 g/mol. The second-order valence-electron chi connectivity index (χ2n) is 6.61. The quantitative estimate of drug-likeness (QED) is 0.627. The SMILES string of the molecule is CCCCC(CC)C(=O)NC(C)C(=O)Nc1nnc(-c2cccc(OC)c2)s1. The van der Waals surface area contributed by atoms with Crippen LogP contribution in [-0.2, 0) is 9.59 Å². The molecule has 2 atom stereocenters. The van der Waals surface area contributed by atoms with Crippen molar-refractivity contribution in [3.05, 3.63) is 24.3 Å². The molecule has 0 aliphatic heterocycles. The molecule has 0 saturated heterocycles. The average molecular weight is 405 g/mol. The molecule has 2 N–H and O–H groups in total. The molecule has 2 unspecified atom stereocenters. The number of aromatic nitrogens is 2. The van der Waals surface area contributed by atoms with Gasteiger partial charge in [-0.3, -0.25) is 14.9 Å². The highest BCUT2D eigenvalue weighted by Crippen LogP contribution is 2.28. The fraction of sp³-hybridized carbons (Fsp3) is 0.500. The highest BCUT2D eigenvalue weighted by molar-refractivity contribution is 7.18. The van der Waals surface area contributed by atoms with E-state index in [-0.39, 0.29) is 17.7 Å². The summed E-state index contributed by atoms with van der Waals surface area (Å²) in [7, 11) is 1.60. The standard InChI is InChI=1S/C20H28N4O3S/c1-5-7-9-14(6-2)18(26)21-13(3)17(25)22-20-24-23-19(28-20)15-10-8-11-16(12-15)27-4/h8,10-14H,5-7,9H2,1-4H3,(H,21,26)(H,22,24,25). The van der Waals surface area contributed by atoms with Crippen molar-refractivity contribution >= 4 is 28.3 Å². The number of rotatable bonds is 10. The zero-order valence-corrected chi connectivity index (χ0v) is 17.6. The third kappa shape index (κ3) is 6.02. The number of hydrogen-bond acceptors (Lipinski definition) is 6. The van der Waals surface area contributed by atoms with Gasteiger partial charge in [-0.2, -0.15) is 0 Å². The molecule has 2 amide bonds. The molecule has 8 heteroatoms. The van der Waals surface area contributed by atoms with Gasteiger partial charge in [0.2, 0.25) is 16.9 Å². The van der Waals surface area contributed by atoms with E-state index < -0.39 is 6.04 Å². The Morgan fingerprint density at radius 1 is 1.21 bits per heavy atom. The van der Waals surface area contributed by atoms with Crippen LogP contribution in [0.25, 0.3) is 10.6 Å². The summed E-state index contributed by atoms with van der Waals surface area (Å²) in [6.07, 6.45) is 3.66. The van der Waals surface area contributed by atoms with Gasteiger partial charge in [0.15, 0.2) is 0 Å². The second-order valence-corrected chi connectivity index (χ2v) is 7.59. The molecule has 0 bridgehead atoms. The molecule has 0 aliphatic rings. The van der Waals surface area contributed by atoms with E-state index in [2.05, 4.69) is 27.8 Å². The first kappa shape index (κ1) is 21.8. The molecule has 28 heavy (non-hydrogen) atoms. The number of nitrogens with one attached hydrogen (secondary N) is 2. The van der Waals surface area contributed by atoms with E-state index in [0.717, 1.165) is 37.0 Å². The van der Waals surface area contributed by atoms with E-state index in [1.54, 1.807) is 14.0 Å². The minimum absolute atomic E-state index is 0.0589. The summed E-state index contributed by atoms with van der Waals surface area (Å²) in [4.78, 5) is 24.8. The molecule has 0 spiro atoms. The molecule has 1 aromatic carbocycles. The predicted octanol–water partition coefficient (Wildman–Crippen LogP) is 3.87. The molecule has 7 nitrogen and oxygen atoms in total. The van der Waals surface area contributed by atoms with Crippen LogP contribution in [0.3, 0.4) is 0 Å². The van der Waals surface area contributed by atoms with E-state index in [9.17, 15) is 9.59 Å². The highest BCUT2D eigenvalue weighted by atomic mass is 32.1. The summed E-state index contributed by atoms with van der Waals surface area (Å²) in [5.41, 5.74) is 0.861. The Morgan fingerprint density at radius 3 is 2.68 bits per heavy atom. The lowest BCUT2D eigenvalue weighted by atomic mass is 9.98. The minimum Gasteiger partial charge on any atom is -0.497 e. The van der Waals surface area contributed by atoms with Gasteiger partial charge in [0, 0.05) is 11.5 Å². The van der Waals surface area contributed by atoms with Crippen LogP contribution in [-0.4, -0.2) is 35.2 Å². The van der Waals surface area contributed by atoms with Gasteiger partial charge in [-0.1, -0.05) is 50.2 Å². The summed E-state index contributed by atoms with van der Waals surface area (Å²) in [6, 6.07) is 6.83. The summed E-state index contributed by atoms with van der Waals surface area (Å²) in [5.74, 6) is 0.277. The average Bonchev–Trinajstić information content (AvgIpc) is 3.17. The molecule has 0 radical (unpaired) electrons. The number of carbonyl (C=O) groups excluding carboxylic acids is 2. The van der Waals surface area contributed by atoms with Crippen LogP contribution < -0.4 is 15.4 Å². The van der Waals surface area contributed by atoms with E-state index in [4.69, 9.17) is 4.74 Å². The topological polar surface area (TPSA) is 93.2 Å². The smallest absolute Gasteiger partial charge is 0.248 e. The molecular formula is C20H28N4O3S. The first-order chi connectivity index (χ1) is 13.5. The van der Waals surface area contributed by atoms with Crippen molar-refractivity contribution in [1.29, 1.82) is 0 Å². The van der Waals surface area contributed by atoms with Gasteiger partial charge < -0.3 is 10.1 Å². The number of unbranched alkanes of at least 4 members (excludes halogenated alkanes) is 1. The molecule has 1 aromatic heterocycles. The van der Waals surface area contributed by atoms with Crippen LogP contribution in [0.15, 0.2) is 24.3 Å². The van der Waals surface area contributed by atoms with Gasteiger partial charge in [0.05, 0.1) is 7.11 Å². The molecule has 0 fully saturated rings. The van der Waals surface area contributed by atoms with Crippen molar-refractivity contribution in [1.82, 2.24) is 15.5 Å². The Balaban J connectivity index is 1.95. The molecule has 1 heterocycles. The van der Waals surface area contributed by atoms with Crippen LogP contribution in [0.5, 0.6) is 5.75 Å². The van der Waals surface area contributed by atoms with Gasteiger partial charge in [-0.25, -0.2) is 0 Å². The lowest BCUT2D eigenvalue weighted by molar-refractivity contribution is -0.129. The zero-order valence-electron chi connectivity index (χ0n) is 16.8. The largest absolute Gasteiger partial charge is 0.497 e. The lowest BCUT2D eigenvalue weighted by Gasteiger charge is -2.18. The number of amides is 2. The molecule has 0 saturated carbocycles. The first-order valence-corrected chi connectivity index (χ1v) is 10.4. The van der Waals surface area contributed by atoms with Crippen molar-refractivity contribution in [2.75, 3.05) is 12.4 Å². The number of methoxy groups -OCH3 is 1. The predicted molar refractivity (Wildman–Crippen MR) is 111 cm³/mol. The van der Waals surface area contributed by atoms with E-state index in [0.29, 0.717) is 10.1 Å². The summed E-state index contributed by atoms with van der Waals surface area (Å²) in [5, 5.41) is 14.7. The Hall–Kier alpha value is -2.48. The normalized spacial score (nSPS) is 12.9. The summed E-state index contributed by atoms with van der Waals surface area (Å²) >= 11 is 1.27. The van der Waals surface area contributed by atoms with Crippen molar-refractivity contribution in [2.45, 2.75) is 52.5 Å².